The molecule has 1 heterocycles. The summed E-state index contributed by atoms with van der Waals surface area (Å²) in [6, 6.07) is 18.6. The van der Waals surface area contributed by atoms with E-state index in [9.17, 15) is 9.59 Å². The zero-order valence-corrected chi connectivity index (χ0v) is 18.0. The summed E-state index contributed by atoms with van der Waals surface area (Å²) < 4.78 is 0. The summed E-state index contributed by atoms with van der Waals surface area (Å²) in [5.41, 5.74) is 2.99. The Balaban J connectivity index is 1.83. The van der Waals surface area contributed by atoms with Crippen molar-refractivity contribution in [2.75, 3.05) is 10.2 Å². The second-order valence-corrected chi connectivity index (χ2v) is 8.07. The Hall–Kier alpha value is -2.79. The number of aryl methyl sites for hydroxylation is 1. The zero-order chi connectivity index (χ0) is 21.4. The third-order valence-electron chi connectivity index (χ3n) is 4.75. The van der Waals surface area contributed by atoms with E-state index < -0.39 is 11.8 Å². The fraction of sp³-hybridized carbons (Fsp3) is 0.0435. The van der Waals surface area contributed by atoms with Gasteiger partial charge in [0.15, 0.2) is 0 Å². The molecule has 1 aliphatic rings. The number of hydrogen-bond acceptors (Lipinski definition) is 3. The van der Waals surface area contributed by atoms with Gasteiger partial charge in [0.1, 0.15) is 5.70 Å². The standard InChI is InChI=1S/C23H15Cl3N2O2/c1-13-12-17(26)8-11-19(13)27-21-20(14-2-4-15(24)5-3-14)22(29)28(23(21)30)18-9-6-16(25)7-10-18/h2-12,27H,1H3. The number of benzene rings is 3. The Labute approximate surface area is 188 Å². The van der Waals surface area contributed by atoms with Gasteiger partial charge in [-0.25, -0.2) is 4.90 Å². The minimum atomic E-state index is -0.457. The Morgan fingerprint density at radius 2 is 1.30 bits per heavy atom. The Bertz CT molecular complexity index is 1190. The number of nitrogens with zero attached hydrogens (tertiary/aromatic N) is 1. The van der Waals surface area contributed by atoms with Crippen molar-refractivity contribution in [1.82, 2.24) is 0 Å². The highest BCUT2D eigenvalue weighted by atomic mass is 35.5. The number of nitrogens with one attached hydrogen (secondary N) is 1. The predicted octanol–water partition coefficient (Wildman–Crippen LogP) is 6.35. The first kappa shape index (κ1) is 20.5. The SMILES string of the molecule is Cc1cc(Cl)ccc1NC1=C(c2ccc(Cl)cc2)C(=O)N(c2ccc(Cl)cc2)C1=O. The molecule has 0 saturated carbocycles. The summed E-state index contributed by atoms with van der Waals surface area (Å²) >= 11 is 18.0. The van der Waals surface area contributed by atoms with Crippen LogP contribution in [0, 0.1) is 6.92 Å². The first-order valence-electron chi connectivity index (χ1n) is 9.03. The molecule has 1 aliphatic heterocycles. The van der Waals surface area contributed by atoms with Gasteiger partial charge in [-0.05, 0) is 72.6 Å². The molecule has 0 spiro atoms. The van der Waals surface area contributed by atoms with Crippen LogP contribution in [0.2, 0.25) is 15.1 Å². The minimum absolute atomic E-state index is 0.183. The summed E-state index contributed by atoms with van der Waals surface area (Å²) in [6.45, 7) is 1.87. The van der Waals surface area contributed by atoms with Crippen LogP contribution in [-0.2, 0) is 9.59 Å². The van der Waals surface area contributed by atoms with Crippen LogP contribution in [0.5, 0.6) is 0 Å². The van der Waals surface area contributed by atoms with Gasteiger partial charge < -0.3 is 5.32 Å². The first-order chi connectivity index (χ1) is 14.3. The fourth-order valence-electron chi connectivity index (χ4n) is 3.26. The van der Waals surface area contributed by atoms with Gasteiger partial charge in [0.25, 0.3) is 11.8 Å². The summed E-state index contributed by atoms with van der Waals surface area (Å²) in [6.07, 6.45) is 0. The van der Waals surface area contributed by atoms with Gasteiger partial charge in [-0.15, -0.1) is 0 Å². The van der Waals surface area contributed by atoms with E-state index in [1.165, 1.54) is 0 Å². The number of carbonyl (C=O) groups excluding carboxylic acids is 2. The van der Waals surface area contributed by atoms with Crippen LogP contribution < -0.4 is 10.2 Å². The maximum absolute atomic E-state index is 13.3. The second kappa shape index (κ2) is 8.15. The van der Waals surface area contributed by atoms with Gasteiger partial charge in [-0.3, -0.25) is 9.59 Å². The van der Waals surface area contributed by atoms with Crippen molar-refractivity contribution >= 4 is 63.6 Å². The van der Waals surface area contributed by atoms with E-state index >= 15 is 0 Å². The quantitative estimate of drug-likeness (QED) is 0.464. The molecule has 0 fully saturated rings. The van der Waals surface area contributed by atoms with E-state index in [1.54, 1.807) is 66.7 Å². The first-order valence-corrected chi connectivity index (χ1v) is 10.2. The van der Waals surface area contributed by atoms with E-state index in [2.05, 4.69) is 5.32 Å². The highest BCUT2D eigenvalue weighted by molar-refractivity contribution is 6.46. The largest absolute Gasteiger partial charge is 0.350 e. The van der Waals surface area contributed by atoms with Crippen molar-refractivity contribution in [1.29, 1.82) is 0 Å². The topological polar surface area (TPSA) is 49.4 Å². The van der Waals surface area contributed by atoms with Gasteiger partial charge in [-0.2, -0.15) is 0 Å². The van der Waals surface area contributed by atoms with E-state index in [1.807, 2.05) is 6.92 Å². The Kier molecular flexibility index (Phi) is 5.56. The van der Waals surface area contributed by atoms with E-state index in [0.717, 1.165) is 10.5 Å². The lowest BCUT2D eigenvalue weighted by Gasteiger charge is -2.16. The lowest BCUT2D eigenvalue weighted by molar-refractivity contribution is -0.120. The molecule has 0 unspecified atom stereocenters. The van der Waals surface area contributed by atoms with Crippen molar-refractivity contribution in [3.63, 3.8) is 0 Å². The van der Waals surface area contributed by atoms with Gasteiger partial charge in [0, 0.05) is 20.8 Å². The lowest BCUT2D eigenvalue weighted by atomic mass is 10.0. The van der Waals surface area contributed by atoms with Crippen LogP contribution in [0.4, 0.5) is 11.4 Å². The van der Waals surface area contributed by atoms with Crippen LogP contribution in [0.3, 0.4) is 0 Å². The number of anilines is 2. The lowest BCUT2D eigenvalue weighted by Crippen LogP contribution is -2.32. The molecule has 0 aromatic heterocycles. The highest BCUT2D eigenvalue weighted by Crippen LogP contribution is 2.35. The van der Waals surface area contributed by atoms with Crippen LogP contribution in [0.1, 0.15) is 11.1 Å². The average Bonchev–Trinajstić information content (AvgIpc) is 2.95. The zero-order valence-electron chi connectivity index (χ0n) is 15.7. The number of rotatable bonds is 4. The van der Waals surface area contributed by atoms with Gasteiger partial charge >= 0.3 is 0 Å². The predicted molar refractivity (Wildman–Crippen MR) is 122 cm³/mol. The smallest absolute Gasteiger partial charge is 0.282 e. The fourth-order valence-corrected chi connectivity index (χ4v) is 3.74. The molecule has 150 valence electrons. The molecule has 0 aliphatic carbocycles. The number of carbonyl (C=O) groups is 2. The normalized spacial score (nSPS) is 13.9. The van der Waals surface area contributed by atoms with Gasteiger partial charge in [0.2, 0.25) is 0 Å². The molecular formula is C23H15Cl3N2O2. The van der Waals surface area contributed by atoms with Crippen molar-refractivity contribution < 1.29 is 9.59 Å². The van der Waals surface area contributed by atoms with Crippen LogP contribution in [0.25, 0.3) is 5.57 Å². The summed E-state index contributed by atoms with van der Waals surface area (Å²) in [5.74, 6) is -0.889. The van der Waals surface area contributed by atoms with E-state index in [-0.39, 0.29) is 11.3 Å². The summed E-state index contributed by atoms with van der Waals surface area (Å²) in [5, 5.41) is 4.77. The third kappa shape index (κ3) is 3.82. The van der Waals surface area contributed by atoms with E-state index in [4.69, 9.17) is 34.8 Å². The molecule has 3 aromatic rings. The number of imide groups is 1. The van der Waals surface area contributed by atoms with Crippen molar-refractivity contribution in [2.24, 2.45) is 0 Å². The Morgan fingerprint density at radius 1 is 0.733 bits per heavy atom. The second-order valence-electron chi connectivity index (χ2n) is 6.76. The maximum atomic E-state index is 13.3. The number of hydrogen-bond donors (Lipinski definition) is 1. The van der Waals surface area contributed by atoms with Crippen LogP contribution in [0.15, 0.2) is 72.4 Å². The maximum Gasteiger partial charge on any atom is 0.282 e. The van der Waals surface area contributed by atoms with Crippen molar-refractivity contribution in [2.45, 2.75) is 6.92 Å². The summed E-state index contributed by atoms with van der Waals surface area (Å²) in [4.78, 5) is 27.8. The van der Waals surface area contributed by atoms with Crippen LogP contribution >= 0.6 is 34.8 Å². The highest BCUT2D eigenvalue weighted by Gasteiger charge is 2.40. The molecule has 30 heavy (non-hydrogen) atoms. The van der Waals surface area contributed by atoms with Crippen LogP contribution in [-0.4, -0.2) is 11.8 Å². The van der Waals surface area contributed by atoms with E-state index in [0.29, 0.717) is 32.0 Å². The molecule has 0 saturated heterocycles. The Morgan fingerprint density at radius 3 is 1.90 bits per heavy atom. The monoisotopic (exact) mass is 456 g/mol. The molecule has 4 rings (SSSR count). The minimum Gasteiger partial charge on any atom is -0.350 e. The van der Waals surface area contributed by atoms with Gasteiger partial charge in [-0.1, -0.05) is 46.9 Å². The summed E-state index contributed by atoms with van der Waals surface area (Å²) in [7, 11) is 0. The number of halogens is 3. The molecule has 1 N–H and O–H groups in total. The average molecular weight is 458 g/mol. The van der Waals surface area contributed by atoms with Crippen molar-refractivity contribution in [3.8, 4) is 0 Å². The molecule has 0 atom stereocenters. The van der Waals surface area contributed by atoms with Gasteiger partial charge in [0.05, 0.1) is 11.3 Å². The third-order valence-corrected chi connectivity index (χ3v) is 5.49. The molecule has 2 amide bonds. The molecule has 3 aromatic carbocycles. The molecular weight excluding hydrogens is 443 g/mol. The van der Waals surface area contributed by atoms with Crippen molar-refractivity contribution in [3.05, 3.63) is 98.6 Å². The molecule has 4 nitrogen and oxygen atoms in total. The molecule has 0 bridgehead atoms. The molecule has 0 radical (unpaired) electrons. The number of amides is 2. The molecule has 7 heteroatoms.